The third-order valence-electron chi connectivity index (χ3n) is 6.03. The lowest BCUT2D eigenvalue weighted by Gasteiger charge is -2.34. The first-order valence-corrected chi connectivity index (χ1v) is 10.8. The van der Waals surface area contributed by atoms with Gasteiger partial charge in [0.25, 0.3) is 0 Å². The highest BCUT2D eigenvalue weighted by molar-refractivity contribution is 5.85. The fourth-order valence-corrected chi connectivity index (χ4v) is 4.29. The number of hydrogen-bond acceptors (Lipinski definition) is 5. The standard InChI is InChI=1S/C25H27N3O3/c29-25(26-15-19-8-9-23-24(14-19)31-18-30-23)17-28-12-10-27(11-13-28)16-21-6-3-5-20-4-1-2-7-22(20)21/h1-9,14H,10-13,15-18H2,(H,26,29). The van der Waals surface area contributed by atoms with Crippen LogP contribution >= 0.6 is 0 Å². The number of carbonyl (C=O) groups is 1. The Kier molecular flexibility index (Phi) is 5.74. The van der Waals surface area contributed by atoms with Crippen molar-refractivity contribution < 1.29 is 14.3 Å². The van der Waals surface area contributed by atoms with Gasteiger partial charge in [-0.3, -0.25) is 14.6 Å². The number of amides is 1. The first-order chi connectivity index (χ1) is 15.2. The minimum atomic E-state index is 0.0557. The van der Waals surface area contributed by atoms with Gasteiger partial charge >= 0.3 is 0 Å². The molecule has 3 aromatic rings. The lowest BCUT2D eigenvalue weighted by molar-refractivity contribution is -0.122. The van der Waals surface area contributed by atoms with Gasteiger partial charge in [0, 0.05) is 39.3 Å². The van der Waals surface area contributed by atoms with Crippen LogP contribution in [-0.2, 0) is 17.9 Å². The molecule has 1 amide bonds. The fourth-order valence-electron chi connectivity index (χ4n) is 4.29. The zero-order chi connectivity index (χ0) is 21.0. The van der Waals surface area contributed by atoms with Crippen LogP contribution in [0.25, 0.3) is 10.8 Å². The number of nitrogens with one attached hydrogen (secondary N) is 1. The van der Waals surface area contributed by atoms with E-state index in [0.717, 1.165) is 49.8 Å². The first kappa shape index (κ1) is 19.8. The lowest BCUT2D eigenvalue weighted by atomic mass is 10.0. The Morgan fingerprint density at radius 3 is 2.55 bits per heavy atom. The Morgan fingerprint density at radius 1 is 0.871 bits per heavy atom. The summed E-state index contributed by atoms with van der Waals surface area (Å²) >= 11 is 0. The summed E-state index contributed by atoms with van der Waals surface area (Å²) < 4.78 is 10.7. The summed E-state index contributed by atoms with van der Waals surface area (Å²) in [6, 6.07) is 20.8. The maximum atomic E-state index is 12.4. The van der Waals surface area contributed by atoms with Crippen LogP contribution in [0.5, 0.6) is 11.5 Å². The SMILES string of the molecule is O=C(CN1CCN(Cc2cccc3ccccc23)CC1)NCc1ccc2c(c1)OCO2. The molecule has 5 rings (SSSR count). The zero-order valence-electron chi connectivity index (χ0n) is 17.5. The second-order valence-electron chi connectivity index (χ2n) is 8.15. The predicted molar refractivity (Wildman–Crippen MR) is 120 cm³/mol. The van der Waals surface area contributed by atoms with Crippen LogP contribution < -0.4 is 14.8 Å². The molecular formula is C25H27N3O3. The van der Waals surface area contributed by atoms with Gasteiger partial charge in [0.1, 0.15) is 0 Å². The van der Waals surface area contributed by atoms with Crippen LogP contribution in [0, 0.1) is 0 Å². The van der Waals surface area contributed by atoms with Gasteiger partial charge in [-0.25, -0.2) is 0 Å². The Balaban J connectivity index is 1.08. The maximum absolute atomic E-state index is 12.4. The van der Waals surface area contributed by atoms with Crippen molar-refractivity contribution in [1.82, 2.24) is 15.1 Å². The molecule has 1 saturated heterocycles. The van der Waals surface area contributed by atoms with Crippen molar-refractivity contribution in [2.45, 2.75) is 13.1 Å². The molecule has 0 unspecified atom stereocenters. The second-order valence-corrected chi connectivity index (χ2v) is 8.15. The molecule has 0 bridgehead atoms. The van der Waals surface area contributed by atoms with E-state index in [-0.39, 0.29) is 12.7 Å². The van der Waals surface area contributed by atoms with Crippen molar-refractivity contribution in [3.63, 3.8) is 0 Å². The number of ether oxygens (including phenoxy) is 2. The molecule has 0 aromatic heterocycles. The van der Waals surface area contributed by atoms with Gasteiger partial charge in [0.15, 0.2) is 11.5 Å². The maximum Gasteiger partial charge on any atom is 0.234 e. The molecular weight excluding hydrogens is 390 g/mol. The van der Waals surface area contributed by atoms with Gasteiger partial charge in [0.2, 0.25) is 12.7 Å². The van der Waals surface area contributed by atoms with E-state index in [0.29, 0.717) is 13.1 Å². The fraction of sp³-hybridized carbons (Fsp3) is 0.320. The number of carbonyl (C=O) groups excluding carboxylic acids is 1. The van der Waals surface area contributed by atoms with Crippen LogP contribution in [0.4, 0.5) is 0 Å². The molecule has 0 spiro atoms. The molecule has 3 aromatic carbocycles. The summed E-state index contributed by atoms with van der Waals surface area (Å²) in [5.41, 5.74) is 2.38. The van der Waals surface area contributed by atoms with E-state index in [4.69, 9.17) is 9.47 Å². The van der Waals surface area contributed by atoms with Crippen molar-refractivity contribution >= 4 is 16.7 Å². The van der Waals surface area contributed by atoms with Crippen molar-refractivity contribution in [2.75, 3.05) is 39.5 Å². The van der Waals surface area contributed by atoms with E-state index in [2.05, 4.69) is 57.6 Å². The molecule has 1 fully saturated rings. The van der Waals surface area contributed by atoms with Gasteiger partial charge in [-0.2, -0.15) is 0 Å². The van der Waals surface area contributed by atoms with Crippen LogP contribution in [0.3, 0.4) is 0 Å². The first-order valence-electron chi connectivity index (χ1n) is 10.8. The number of nitrogens with zero attached hydrogens (tertiary/aromatic N) is 2. The summed E-state index contributed by atoms with van der Waals surface area (Å²) in [7, 11) is 0. The Labute approximate surface area is 182 Å². The minimum absolute atomic E-state index is 0.0557. The Morgan fingerprint density at radius 2 is 1.65 bits per heavy atom. The summed E-state index contributed by atoms with van der Waals surface area (Å²) in [5, 5.41) is 5.64. The quantitative estimate of drug-likeness (QED) is 0.668. The zero-order valence-corrected chi connectivity index (χ0v) is 17.5. The third kappa shape index (κ3) is 4.65. The Hall–Kier alpha value is -3.09. The van der Waals surface area contributed by atoms with Gasteiger partial charge in [-0.15, -0.1) is 0 Å². The van der Waals surface area contributed by atoms with E-state index in [9.17, 15) is 4.79 Å². The number of fused-ring (bicyclic) bond motifs is 2. The molecule has 1 N–H and O–H groups in total. The molecule has 0 radical (unpaired) electrons. The molecule has 2 aliphatic heterocycles. The molecule has 0 saturated carbocycles. The van der Waals surface area contributed by atoms with Gasteiger partial charge < -0.3 is 14.8 Å². The van der Waals surface area contributed by atoms with Gasteiger partial charge in [-0.1, -0.05) is 48.5 Å². The topological polar surface area (TPSA) is 54.0 Å². The number of piperazine rings is 1. The van der Waals surface area contributed by atoms with Crippen LogP contribution in [0.15, 0.2) is 60.7 Å². The van der Waals surface area contributed by atoms with E-state index in [1.807, 2.05) is 18.2 Å². The summed E-state index contributed by atoms with van der Waals surface area (Å²) in [6.07, 6.45) is 0. The van der Waals surface area contributed by atoms with Crippen LogP contribution in [-0.4, -0.2) is 55.2 Å². The van der Waals surface area contributed by atoms with Crippen molar-refractivity contribution in [3.05, 3.63) is 71.8 Å². The highest BCUT2D eigenvalue weighted by Gasteiger charge is 2.20. The third-order valence-corrected chi connectivity index (χ3v) is 6.03. The normalized spacial score (nSPS) is 16.5. The largest absolute Gasteiger partial charge is 0.454 e. The molecule has 0 aliphatic carbocycles. The molecule has 2 aliphatic rings. The summed E-state index contributed by atoms with van der Waals surface area (Å²) in [4.78, 5) is 17.1. The highest BCUT2D eigenvalue weighted by Crippen LogP contribution is 2.32. The van der Waals surface area contributed by atoms with Crippen LogP contribution in [0.1, 0.15) is 11.1 Å². The average Bonchev–Trinajstić information content (AvgIpc) is 3.27. The van der Waals surface area contributed by atoms with E-state index in [1.165, 1.54) is 16.3 Å². The van der Waals surface area contributed by atoms with Gasteiger partial charge in [-0.05, 0) is 34.0 Å². The molecule has 160 valence electrons. The molecule has 31 heavy (non-hydrogen) atoms. The van der Waals surface area contributed by atoms with Crippen molar-refractivity contribution in [3.8, 4) is 11.5 Å². The van der Waals surface area contributed by atoms with E-state index in [1.54, 1.807) is 0 Å². The number of rotatable bonds is 6. The minimum Gasteiger partial charge on any atom is -0.454 e. The summed E-state index contributed by atoms with van der Waals surface area (Å²) in [5.74, 6) is 1.56. The summed E-state index contributed by atoms with van der Waals surface area (Å²) in [6.45, 7) is 5.90. The second kappa shape index (κ2) is 8.96. The molecule has 2 heterocycles. The average molecular weight is 418 g/mol. The molecule has 6 nitrogen and oxygen atoms in total. The molecule has 6 heteroatoms. The van der Waals surface area contributed by atoms with Crippen molar-refractivity contribution in [1.29, 1.82) is 0 Å². The van der Waals surface area contributed by atoms with E-state index < -0.39 is 0 Å². The highest BCUT2D eigenvalue weighted by atomic mass is 16.7. The lowest BCUT2D eigenvalue weighted by Crippen LogP contribution is -2.49. The predicted octanol–water partition coefficient (Wildman–Crippen LogP) is 3.00. The van der Waals surface area contributed by atoms with Crippen LogP contribution in [0.2, 0.25) is 0 Å². The van der Waals surface area contributed by atoms with Gasteiger partial charge in [0.05, 0.1) is 6.54 Å². The smallest absolute Gasteiger partial charge is 0.234 e. The number of hydrogen-bond donors (Lipinski definition) is 1. The monoisotopic (exact) mass is 417 g/mol. The Bertz CT molecular complexity index is 1070. The van der Waals surface area contributed by atoms with Crippen molar-refractivity contribution in [2.24, 2.45) is 0 Å². The van der Waals surface area contributed by atoms with E-state index >= 15 is 0 Å². The number of benzene rings is 3. The molecule has 0 atom stereocenters.